The summed E-state index contributed by atoms with van der Waals surface area (Å²) in [6, 6.07) is -0.0424. The fourth-order valence-corrected chi connectivity index (χ4v) is 2.22. The molecule has 0 bridgehead atoms. The lowest BCUT2D eigenvalue weighted by Crippen LogP contribution is -2.46. The van der Waals surface area contributed by atoms with Gasteiger partial charge >= 0.3 is 6.09 Å². The van der Waals surface area contributed by atoms with Gasteiger partial charge in [0.05, 0.1) is 12.2 Å². The molecule has 1 aliphatic rings. The van der Waals surface area contributed by atoms with Crippen LogP contribution < -0.4 is 0 Å². The topological polar surface area (TPSA) is 55.3 Å². The zero-order chi connectivity index (χ0) is 12.6. The maximum absolute atomic E-state index is 11.9. The number of hydrogen-bond donors (Lipinski definition) is 0. The largest absolute Gasteiger partial charge is 0.437 e. The van der Waals surface area contributed by atoms with Gasteiger partial charge < -0.3 is 4.74 Å². The second-order valence-electron chi connectivity index (χ2n) is 5.22. The van der Waals surface area contributed by atoms with E-state index in [1.807, 2.05) is 27.7 Å². The Kier molecular flexibility index (Phi) is 2.77. The lowest BCUT2D eigenvalue weighted by molar-refractivity contribution is 0.118. The smallest absolute Gasteiger partial charge is 0.411 e. The van der Waals surface area contributed by atoms with E-state index in [0.29, 0.717) is 5.69 Å². The molecule has 17 heavy (non-hydrogen) atoms. The molecular weight excluding hydrogens is 218 g/mol. The summed E-state index contributed by atoms with van der Waals surface area (Å²) in [5, 5.41) is 0. The summed E-state index contributed by atoms with van der Waals surface area (Å²) < 4.78 is 5.38. The third-order valence-corrected chi connectivity index (χ3v) is 2.87. The first-order chi connectivity index (χ1) is 7.91. The SMILES string of the molecule is C[C@H]1[C@@H](c2cnccn2)OC(=O)N1C(C)(C)C. The Labute approximate surface area is 101 Å². The maximum atomic E-state index is 11.9. The quantitative estimate of drug-likeness (QED) is 0.748. The fraction of sp³-hybridized carbons (Fsp3) is 0.583. The van der Waals surface area contributed by atoms with Crippen molar-refractivity contribution in [1.82, 2.24) is 14.9 Å². The molecule has 0 unspecified atom stereocenters. The zero-order valence-electron chi connectivity index (χ0n) is 10.5. The van der Waals surface area contributed by atoms with E-state index in [9.17, 15) is 4.79 Å². The first-order valence-electron chi connectivity index (χ1n) is 5.67. The summed E-state index contributed by atoms with van der Waals surface area (Å²) in [5.41, 5.74) is 0.438. The van der Waals surface area contributed by atoms with Crippen molar-refractivity contribution >= 4 is 6.09 Å². The van der Waals surface area contributed by atoms with Gasteiger partial charge in [-0.15, -0.1) is 0 Å². The molecule has 1 aliphatic heterocycles. The van der Waals surface area contributed by atoms with Crippen molar-refractivity contribution in [3.8, 4) is 0 Å². The monoisotopic (exact) mass is 235 g/mol. The van der Waals surface area contributed by atoms with Gasteiger partial charge in [0.2, 0.25) is 0 Å². The normalized spacial score (nSPS) is 24.9. The Hall–Kier alpha value is -1.65. The Bertz CT molecular complexity index is 414. The zero-order valence-corrected chi connectivity index (χ0v) is 10.5. The number of ether oxygens (including phenoxy) is 1. The molecule has 5 nitrogen and oxygen atoms in total. The van der Waals surface area contributed by atoms with Crippen LogP contribution in [0.2, 0.25) is 0 Å². The third-order valence-electron chi connectivity index (χ3n) is 2.87. The standard InChI is InChI=1S/C12H17N3O2/c1-8-10(9-7-13-5-6-14-9)17-11(16)15(8)12(2,3)4/h5-8,10H,1-4H3/t8-,10-/m0/s1. The molecule has 2 heterocycles. The van der Waals surface area contributed by atoms with Crippen LogP contribution in [0.3, 0.4) is 0 Å². The second-order valence-corrected chi connectivity index (χ2v) is 5.22. The average molecular weight is 235 g/mol. The summed E-state index contributed by atoms with van der Waals surface area (Å²) in [5.74, 6) is 0. The molecule has 1 aromatic heterocycles. The third kappa shape index (κ3) is 2.09. The van der Waals surface area contributed by atoms with Crippen LogP contribution in [-0.4, -0.2) is 32.5 Å². The van der Waals surface area contributed by atoms with E-state index >= 15 is 0 Å². The van der Waals surface area contributed by atoms with Crippen molar-refractivity contribution in [2.75, 3.05) is 0 Å². The summed E-state index contributed by atoms with van der Waals surface area (Å²) in [6.45, 7) is 7.94. The summed E-state index contributed by atoms with van der Waals surface area (Å²) in [7, 11) is 0. The van der Waals surface area contributed by atoms with Crippen molar-refractivity contribution < 1.29 is 9.53 Å². The Balaban J connectivity index is 2.28. The number of amides is 1. The second kappa shape index (κ2) is 3.98. The predicted octanol–water partition coefficient (Wildman–Crippen LogP) is 2.16. The van der Waals surface area contributed by atoms with Gasteiger partial charge in [0.25, 0.3) is 0 Å². The molecule has 0 saturated carbocycles. The van der Waals surface area contributed by atoms with Crippen LogP contribution in [0.25, 0.3) is 0 Å². The average Bonchev–Trinajstić information content (AvgIpc) is 2.54. The number of cyclic esters (lactones) is 1. The number of carbonyl (C=O) groups is 1. The van der Waals surface area contributed by atoms with Gasteiger partial charge in [-0.1, -0.05) is 0 Å². The van der Waals surface area contributed by atoms with Crippen LogP contribution in [-0.2, 0) is 4.74 Å². The first-order valence-corrected chi connectivity index (χ1v) is 5.67. The highest BCUT2D eigenvalue weighted by Crippen LogP contribution is 2.35. The minimum absolute atomic E-state index is 0.0424. The lowest BCUT2D eigenvalue weighted by Gasteiger charge is -2.33. The van der Waals surface area contributed by atoms with Crippen LogP contribution in [0.1, 0.15) is 39.5 Å². The summed E-state index contributed by atoms with van der Waals surface area (Å²) in [6.07, 6.45) is 4.22. The van der Waals surface area contributed by atoms with Crippen molar-refractivity contribution in [1.29, 1.82) is 0 Å². The Morgan fingerprint density at radius 1 is 1.35 bits per heavy atom. The van der Waals surface area contributed by atoms with E-state index < -0.39 is 0 Å². The highest BCUT2D eigenvalue weighted by Gasteiger charge is 2.45. The molecule has 0 radical (unpaired) electrons. The molecule has 1 aromatic rings. The Morgan fingerprint density at radius 3 is 2.53 bits per heavy atom. The molecule has 2 atom stereocenters. The number of carbonyl (C=O) groups excluding carboxylic acids is 1. The van der Waals surface area contributed by atoms with Gasteiger partial charge in [-0.2, -0.15) is 0 Å². The highest BCUT2D eigenvalue weighted by atomic mass is 16.6. The van der Waals surface area contributed by atoms with Crippen molar-refractivity contribution in [3.63, 3.8) is 0 Å². The van der Waals surface area contributed by atoms with Gasteiger partial charge in [-0.3, -0.25) is 14.9 Å². The molecule has 1 fully saturated rings. The van der Waals surface area contributed by atoms with Gasteiger partial charge in [0, 0.05) is 17.9 Å². The van der Waals surface area contributed by atoms with E-state index in [1.54, 1.807) is 23.5 Å². The van der Waals surface area contributed by atoms with Crippen LogP contribution in [0, 0.1) is 0 Å². The predicted molar refractivity (Wildman–Crippen MR) is 62.3 cm³/mol. The molecule has 5 heteroatoms. The highest BCUT2D eigenvalue weighted by molar-refractivity contribution is 5.71. The molecule has 1 saturated heterocycles. The van der Waals surface area contributed by atoms with E-state index in [1.165, 1.54) is 0 Å². The summed E-state index contributed by atoms with van der Waals surface area (Å²) in [4.78, 5) is 21.8. The maximum Gasteiger partial charge on any atom is 0.411 e. The molecule has 2 rings (SSSR count). The van der Waals surface area contributed by atoms with Crippen LogP contribution in [0.15, 0.2) is 18.6 Å². The van der Waals surface area contributed by atoms with E-state index in [4.69, 9.17) is 4.74 Å². The van der Waals surface area contributed by atoms with Crippen molar-refractivity contribution in [2.24, 2.45) is 0 Å². The number of aromatic nitrogens is 2. The van der Waals surface area contributed by atoms with Gasteiger partial charge in [-0.05, 0) is 27.7 Å². The minimum atomic E-state index is -0.338. The van der Waals surface area contributed by atoms with Crippen LogP contribution in [0.4, 0.5) is 4.79 Å². The first kappa shape index (κ1) is 11.8. The lowest BCUT2D eigenvalue weighted by atomic mass is 10.0. The van der Waals surface area contributed by atoms with Crippen molar-refractivity contribution in [3.05, 3.63) is 24.3 Å². The van der Waals surface area contributed by atoms with Crippen LogP contribution in [0.5, 0.6) is 0 Å². The fourth-order valence-electron chi connectivity index (χ4n) is 2.22. The van der Waals surface area contributed by atoms with Crippen molar-refractivity contribution in [2.45, 2.75) is 45.4 Å². The molecule has 1 amide bonds. The molecular formula is C12H17N3O2. The number of rotatable bonds is 1. The number of nitrogens with zero attached hydrogens (tertiary/aromatic N) is 3. The molecule has 0 spiro atoms. The molecule has 0 aliphatic carbocycles. The minimum Gasteiger partial charge on any atom is -0.437 e. The summed E-state index contributed by atoms with van der Waals surface area (Å²) >= 11 is 0. The van der Waals surface area contributed by atoms with Gasteiger partial charge in [0.15, 0.2) is 6.10 Å². The van der Waals surface area contributed by atoms with E-state index in [-0.39, 0.29) is 23.8 Å². The van der Waals surface area contributed by atoms with E-state index in [2.05, 4.69) is 9.97 Å². The number of hydrogen-bond acceptors (Lipinski definition) is 4. The van der Waals surface area contributed by atoms with Gasteiger partial charge in [-0.25, -0.2) is 4.79 Å². The molecule has 0 N–H and O–H groups in total. The van der Waals surface area contributed by atoms with Crippen LogP contribution >= 0.6 is 0 Å². The molecule has 0 aromatic carbocycles. The van der Waals surface area contributed by atoms with Gasteiger partial charge in [0.1, 0.15) is 5.69 Å². The molecule has 92 valence electrons. The Morgan fingerprint density at radius 2 is 2.06 bits per heavy atom. The van der Waals surface area contributed by atoms with E-state index in [0.717, 1.165) is 0 Å².